The molecule has 2 heterocycles. The van der Waals surface area contributed by atoms with Gasteiger partial charge in [0.2, 0.25) is 0 Å². The molecular weight excluding hydrogens is 367 g/mol. The summed E-state index contributed by atoms with van der Waals surface area (Å²) < 4.78 is 26.6. The topological polar surface area (TPSA) is 57.7 Å². The van der Waals surface area contributed by atoms with Gasteiger partial charge in [0.15, 0.2) is 0 Å². The summed E-state index contributed by atoms with van der Waals surface area (Å²) in [5.41, 5.74) is -0.00940. The summed E-state index contributed by atoms with van der Waals surface area (Å²) in [6.45, 7) is 5.74. The molecule has 1 fully saturated rings. The second-order valence-electron chi connectivity index (χ2n) is 5.55. The van der Waals surface area contributed by atoms with E-state index < -0.39 is 15.3 Å². The molecule has 1 amide bonds. The summed E-state index contributed by atoms with van der Waals surface area (Å²) in [5, 5.41) is -0.752. The number of hydrogen-bond acceptors (Lipinski definition) is 3. The first kappa shape index (κ1) is 14.3. The maximum absolute atomic E-state index is 12.1. The van der Waals surface area contributed by atoms with E-state index in [-0.39, 0.29) is 5.41 Å². The molecule has 0 unspecified atom stereocenters. The first-order chi connectivity index (χ1) is 8.22. The van der Waals surface area contributed by atoms with Crippen LogP contribution in [-0.2, 0) is 10.0 Å². The summed E-state index contributed by atoms with van der Waals surface area (Å²) >= 11 is 2.21. The zero-order valence-corrected chi connectivity index (χ0v) is 13.5. The van der Waals surface area contributed by atoms with E-state index in [0.29, 0.717) is 26.2 Å². The Hall–Kier alpha value is -0.150. The van der Waals surface area contributed by atoms with Gasteiger partial charge in [0.05, 0.1) is 0 Å². The maximum Gasteiger partial charge on any atom is 0.354 e. The van der Waals surface area contributed by atoms with Gasteiger partial charge in [-0.15, -0.1) is 0 Å². The highest BCUT2D eigenvalue weighted by molar-refractivity contribution is 14.1. The summed E-state index contributed by atoms with van der Waals surface area (Å²) in [6.07, 6.45) is 2.64. The molecule has 0 atom stereocenters. The molecule has 1 saturated heterocycles. The van der Waals surface area contributed by atoms with Crippen molar-refractivity contribution in [3.63, 3.8) is 0 Å². The highest BCUT2D eigenvalue weighted by Crippen LogP contribution is 2.32. The zero-order valence-electron chi connectivity index (χ0n) is 10.5. The van der Waals surface area contributed by atoms with Crippen molar-refractivity contribution >= 4 is 37.9 Å². The zero-order chi connectivity index (χ0) is 13.6. The van der Waals surface area contributed by atoms with Crippen molar-refractivity contribution in [3.8, 4) is 0 Å². The average molecular weight is 384 g/mol. The Morgan fingerprint density at radius 3 is 2.44 bits per heavy atom. The van der Waals surface area contributed by atoms with E-state index >= 15 is 0 Å². The van der Waals surface area contributed by atoms with Crippen LogP contribution in [0.2, 0.25) is 0 Å². The number of carbonyl (C=O) groups is 1. The third-order valence-electron chi connectivity index (χ3n) is 3.18. The van der Waals surface area contributed by atoms with Crippen molar-refractivity contribution in [1.29, 1.82) is 0 Å². The molecule has 5 nitrogen and oxygen atoms in total. The third kappa shape index (κ3) is 2.72. The molecule has 102 valence electrons. The number of rotatable bonds is 1. The number of halogens is 1. The molecule has 2 rings (SSSR count). The molecule has 0 bridgehead atoms. The number of nitrogens with zero attached hydrogens (tertiary/aromatic N) is 2. The minimum atomic E-state index is -3.80. The molecule has 7 heteroatoms. The van der Waals surface area contributed by atoms with Crippen LogP contribution < -0.4 is 0 Å². The Morgan fingerprint density at radius 2 is 2.00 bits per heavy atom. The molecule has 0 aromatic rings. The van der Waals surface area contributed by atoms with Gasteiger partial charge in [-0.25, -0.2) is 8.42 Å². The SMILES string of the molecule is CC1(C)CN(S(=O)(=O)C(=O)N2CC=C(I)CC2)C1. The Kier molecular flexibility index (Phi) is 3.76. The fourth-order valence-corrected chi connectivity index (χ4v) is 4.35. The van der Waals surface area contributed by atoms with Gasteiger partial charge in [-0.1, -0.05) is 19.9 Å². The summed E-state index contributed by atoms with van der Waals surface area (Å²) in [4.78, 5) is 13.4. The molecule has 0 radical (unpaired) electrons. The van der Waals surface area contributed by atoms with Gasteiger partial charge >= 0.3 is 5.24 Å². The van der Waals surface area contributed by atoms with Crippen molar-refractivity contribution < 1.29 is 13.2 Å². The number of amides is 1. The number of sulfonamides is 1. The molecule has 18 heavy (non-hydrogen) atoms. The van der Waals surface area contributed by atoms with Crippen molar-refractivity contribution in [2.24, 2.45) is 5.41 Å². The molecule has 0 N–H and O–H groups in total. The molecule has 2 aliphatic heterocycles. The lowest BCUT2D eigenvalue weighted by Crippen LogP contribution is -2.58. The van der Waals surface area contributed by atoms with E-state index in [2.05, 4.69) is 22.6 Å². The van der Waals surface area contributed by atoms with Gasteiger partial charge in [0, 0.05) is 26.2 Å². The third-order valence-corrected chi connectivity index (χ3v) is 5.80. The second-order valence-corrected chi connectivity index (χ2v) is 8.75. The van der Waals surface area contributed by atoms with Crippen molar-refractivity contribution in [1.82, 2.24) is 9.21 Å². The van der Waals surface area contributed by atoms with Crippen molar-refractivity contribution in [2.45, 2.75) is 20.3 Å². The quantitative estimate of drug-likeness (QED) is 0.648. The van der Waals surface area contributed by atoms with Crippen LogP contribution in [0.5, 0.6) is 0 Å². The smallest absolute Gasteiger partial charge is 0.324 e. The minimum Gasteiger partial charge on any atom is -0.324 e. The van der Waals surface area contributed by atoms with E-state index in [1.165, 1.54) is 12.8 Å². The maximum atomic E-state index is 12.1. The largest absolute Gasteiger partial charge is 0.354 e. The van der Waals surface area contributed by atoms with Crippen LogP contribution in [-0.4, -0.2) is 49.0 Å². The van der Waals surface area contributed by atoms with Gasteiger partial charge in [-0.3, -0.25) is 4.79 Å². The van der Waals surface area contributed by atoms with Crippen molar-refractivity contribution in [2.75, 3.05) is 26.2 Å². The van der Waals surface area contributed by atoms with Gasteiger partial charge in [-0.05, 0) is 38.0 Å². The van der Waals surface area contributed by atoms with E-state index in [1.807, 2.05) is 19.9 Å². The van der Waals surface area contributed by atoms with Gasteiger partial charge in [0.1, 0.15) is 0 Å². The lowest BCUT2D eigenvalue weighted by molar-refractivity contribution is 0.111. The first-order valence-corrected chi connectivity index (χ1v) is 8.38. The molecule has 0 spiro atoms. The van der Waals surface area contributed by atoms with Crippen molar-refractivity contribution in [3.05, 3.63) is 9.66 Å². The Morgan fingerprint density at radius 1 is 1.39 bits per heavy atom. The normalized spacial score (nSPS) is 24.4. The van der Waals surface area contributed by atoms with E-state index in [9.17, 15) is 13.2 Å². The van der Waals surface area contributed by atoms with Crippen LogP contribution in [0.25, 0.3) is 0 Å². The van der Waals surface area contributed by atoms with Gasteiger partial charge in [-0.2, -0.15) is 4.31 Å². The van der Waals surface area contributed by atoms with Gasteiger partial charge in [0.25, 0.3) is 10.0 Å². The standard InChI is InChI=1S/C11H17IN2O3S/c1-11(2)7-14(8-11)18(16,17)10(15)13-5-3-9(12)4-6-13/h3H,4-8H2,1-2H3. The highest BCUT2D eigenvalue weighted by atomic mass is 127. The second kappa shape index (κ2) is 4.75. The van der Waals surface area contributed by atoms with Crippen LogP contribution in [0.4, 0.5) is 4.79 Å². The molecule has 0 saturated carbocycles. The fraction of sp³-hybridized carbons (Fsp3) is 0.727. The van der Waals surface area contributed by atoms with E-state index in [1.54, 1.807) is 0 Å². The molecule has 2 aliphatic rings. The van der Waals surface area contributed by atoms with Crippen LogP contribution in [0.1, 0.15) is 20.3 Å². The predicted octanol–water partition coefficient (Wildman–Crippen LogP) is 1.80. The van der Waals surface area contributed by atoms with E-state index in [4.69, 9.17) is 0 Å². The van der Waals surface area contributed by atoms with Crippen LogP contribution in [0.15, 0.2) is 9.66 Å². The molecule has 0 aliphatic carbocycles. The summed E-state index contributed by atoms with van der Waals surface area (Å²) in [7, 11) is -3.80. The predicted molar refractivity (Wildman–Crippen MR) is 78.0 cm³/mol. The highest BCUT2D eigenvalue weighted by Gasteiger charge is 2.45. The monoisotopic (exact) mass is 384 g/mol. The average Bonchev–Trinajstić information content (AvgIpc) is 2.26. The number of hydrogen-bond donors (Lipinski definition) is 0. The van der Waals surface area contributed by atoms with Gasteiger partial charge < -0.3 is 4.90 Å². The lowest BCUT2D eigenvalue weighted by atomic mass is 9.87. The lowest BCUT2D eigenvalue weighted by Gasteiger charge is -2.44. The van der Waals surface area contributed by atoms with Crippen LogP contribution in [0, 0.1) is 5.41 Å². The fourth-order valence-electron chi connectivity index (χ4n) is 2.16. The minimum absolute atomic E-state index is 0.00940. The Balaban J connectivity index is 2.05. The Labute approximate surface area is 121 Å². The first-order valence-electron chi connectivity index (χ1n) is 5.86. The van der Waals surface area contributed by atoms with Crippen LogP contribution in [0.3, 0.4) is 0 Å². The number of carbonyl (C=O) groups excluding carboxylic acids is 1. The molecular formula is C11H17IN2O3S. The summed E-state index contributed by atoms with van der Waals surface area (Å²) in [6, 6.07) is 0. The van der Waals surface area contributed by atoms with Crippen LogP contribution >= 0.6 is 22.6 Å². The Bertz CT molecular complexity index is 490. The summed E-state index contributed by atoms with van der Waals surface area (Å²) in [5.74, 6) is 0. The molecule has 0 aromatic heterocycles. The molecule has 0 aromatic carbocycles. The van der Waals surface area contributed by atoms with E-state index in [0.717, 1.165) is 6.42 Å².